The van der Waals surface area contributed by atoms with Gasteiger partial charge >= 0.3 is 5.97 Å². The van der Waals surface area contributed by atoms with Gasteiger partial charge in [0.05, 0.1) is 12.2 Å². The van der Waals surface area contributed by atoms with Gasteiger partial charge in [0.15, 0.2) is 0 Å². The van der Waals surface area contributed by atoms with Crippen molar-refractivity contribution in [1.29, 1.82) is 0 Å². The number of nitrogens with zero attached hydrogens (tertiary/aromatic N) is 1. The van der Waals surface area contributed by atoms with Crippen LogP contribution in [0.4, 0.5) is 0 Å². The molecule has 17 heavy (non-hydrogen) atoms. The number of carbonyl (C=O) groups is 1. The Hall–Kier alpha value is -1.13. The van der Waals surface area contributed by atoms with Crippen molar-refractivity contribution in [2.24, 2.45) is 5.92 Å². The molecule has 0 bridgehead atoms. The molecule has 2 rings (SSSR count). The van der Waals surface area contributed by atoms with Crippen LogP contribution in [0.25, 0.3) is 0 Å². The summed E-state index contributed by atoms with van der Waals surface area (Å²) in [4.78, 5) is 15.5. The van der Waals surface area contributed by atoms with Crippen LogP contribution in [-0.4, -0.2) is 30.6 Å². The summed E-state index contributed by atoms with van der Waals surface area (Å²) >= 11 is 0. The molecule has 1 aliphatic heterocycles. The van der Waals surface area contributed by atoms with Gasteiger partial charge in [0.1, 0.15) is 0 Å². The van der Waals surface area contributed by atoms with Crippen molar-refractivity contribution >= 4 is 18.4 Å². The number of rotatable bonds is 3. The van der Waals surface area contributed by atoms with Crippen LogP contribution in [0, 0.1) is 5.92 Å². The van der Waals surface area contributed by atoms with E-state index >= 15 is 0 Å². The number of piperidine rings is 1. The van der Waals surface area contributed by atoms with E-state index in [-0.39, 0.29) is 18.4 Å². The van der Waals surface area contributed by atoms with Crippen molar-refractivity contribution in [3.8, 4) is 0 Å². The zero-order valence-electron chi connectivity index (χ0n) is 9.59. The lowest BCUT2D eigenvalue weighted by Gasteiger charge is -2.22. The molecule has 1 unspecified atom stereocenters. The standard InChI is InChI=1S/C12H16N2O2.ClH/c15-12(11-3-6-13-7-4-11)16-9-10-2-1-5-14-8-10;/h3-4,6-7,10,14H,1-2,5,8-9H2;1H. The lowest BCUT2D eigenvalue weighted by Crippen LogP contribution is -2.32. The van der Waals surface area contributed by atoms with Crippen LogP contribution in [0.5, 0.6) is 0 Å². The average Bonchev–Trinajstić information content (AvgIpc) is 2.38. The number of pyridine rings is 1. The van der Waals surface area contributed by atoms with Gasteiger partial charge in [-0.25, -0.2) is 4.79 Å². The van der Waals surface area contributed by atoms with Crippen molar-refractivity contribution in [1.82, 2.24) is 10.3 Å². The summed E-state index contributed by atoms with van der Waals surface area (Å²) in [6, 6.07) is 3.34. The lowest BCUT2D eigenvalue weighted by molar-refractivity contribution is 0.0421. The van der Waals surface area contributed by atoms with Gasteiger partial charge in [-0.2, -0.15) is 0 Å². The molecule has 0 saturated carbocycles. The van der Waals surface area contributed by atoms with E-state index in [0.717, 1.165) is 25.9 Å². The molecule has 5 heteroatoms. The zero-order valence-corrected chi connectivity index (χ0v) is 10.4. The molecule has 1 atom stereocenters. The summed E-state index contributed by atoms with van der Waals surface area (Å²) in [6.07, 6.45) is 5.49. The quantitative estimate of drug-likeness (QED) is 0.836. The monoisotopic (exact) mass is 256 g/mol. The van der Waals surface area contributed by atoms with Crippen LogP contribution in [0.1, 0.15) is 23.2 Å². The maximum absolute atomic E-state index is 11.6. The summed E-state index contributed by atoms with van der Waals surface area (Å²) in [5, 5.41) is 3.30. The van der Waals surface area contributed by atoms with Crippen LogP contribution >= 0.6 is 12.4 Å². The molecule has 0 aliphatic carbocycles. The Balaban J connectivity index is 0.00000144. The summed E-state index contributed by atoms with van der Waals surface area (Å²) in [6.45, 7) is 2.53. The second-order valence-electron chi connectivity index (χ2n) is 4.05. The molecule has 1 aromatic heterocycles. The Labute approximate surface area is 107 Å². The van der Waals surface area contributed by atoms with E-state index in [1.54, 1.807) is 24.5 Å². The van der Waals surface area contributed by atoms with E-state index in [9.17, 15) is 4.79 Å². The lowest BCUT2D eigenvalue weighted by atomic mass is 10.0. The Morgan fingerprint density at radius 3 is 2.88 bits per heavy atom. The summed E-state index contributed by atoms with van der Waals surface area (Å²) in [7, 11) is 0. The Morgan fingerprint density at radius 2 is 2.24 bits per heavy atom. The van der Waals surface area contributed by atoms with Crippen molar-refractivity contribution in [3.05, 3.63) is 30.1 Å². The average molecular weight is 257 g/mol. The second-order valence-corrected chi connectivity index (χ2v) is 4.05. The summed E-state index contributed by atoms with van der Waals surface area (Å²) in [5.41, 5.74) is 0.568. The molecule has 0 spiro atoms. The Kier molecular flexibility index (Phi) is 5.94. The van der Waals surface area contributed by atoms with Crippen molar-refractivity contribution in [2.45, 2.75) is 12.8 Å². The van der Waals surface area contributed by atoms with Gasteiger partial charge in [-0.15, -0.1) is 12.4 Å². The van der Waals surface area contributed by atoms with Crippen molar-refractivity contribution in [2.75, 3.05) is 19.7 Å². The first-order valence-electron chi connectivity index (χ1n) is 5.64. The van der Waals surface area contributed by atoms with Crippen LogP contribution in [0.3, 0.4) is 0 Å². The van der Waals surface area contributed by atoms with Gasteiger partial charge in [-0.05, 0) is 31.5 Å². The smallest absolute Gasteiger partial charge is 0.338 e. The highest BCUT2D eigenvalue weighted by Gasteiger charge is 2.15. The molecule has 1 aliphatic rings. The van der Waals surface area contributed by atoms with E-state index in [4.69, 9.17) is 4.74 Å². The van der Waals surface area contributed by atoms with Crippen LogP contribution < -0.4 is 5.32 Å². The number of ether oxygens (including phenoxy) is 1. The molecule has 1 N–H and O–H groups in total. The molecule has 0 aromatic carbocycles. The molecule has 2 heterocycles. The van der Waals surface area contributed by atoms with E-state index in [0.29, 0.717) is 18.1 Å². The molecular formula is C12H17ClN2O2. The number of esters is 1. The molecule has 1 fully saturated rings. The normalized spacial score (nSPS) is 19.2. The highest BCUT2D eigenvalue weighted by atomic mass is 35.5. The number of hydrogen-bond donors (Lipinski definition) is 1. The Bertz CT molecular complexity index is 340. The van der Waals surface area contributed by atoms with Crippen LogP contribution in [-0.2, 0) is 4.74 Å². The number of carbonyl (C=O) groups excluding carboxylic acids is 1. The van der Waals surface area contributed by atoms with E-state index in [1.165, 1.54) is 0 Å². The second kappa shape index (κ2) is 7.25. The van der Waals surface area contributed by atoms with Crippen molar-refractivity contribution < 1.29 is 9.53 Å². The van der Waals surface area contributed by atoms with Crippen molar-refractivity contribution in [3.63, 3.8) is 0 Å². The van der Waals surface area contributed by atoms with E-state index in [2.05, 4.69) is 10.3 Å². The van der Waals surface area contributed by atoms with Gasteiger partial charge in [-0.3, -0.25) is 4.98 Å². The molecule has 0 amide bonds. The fourth-order valence-corrected chi connectivity index (χ4v) is 1.83. The SMILES string of the molecule is Cl.O=C(OCC1CCCNC1)c1ccncc1. The third-order valence-electron chi connectivity index (χ3n) is 2.77. The van der Waals surface area contributed by atoms with Gasteiger partial charge in [0.2, 0.25) is 0 Å². The summed E-state index contributed by atoms with van der Waals surface area (Å²) < 4.78 is 5.26. The van der Waals surface area contributed by atoms with Gasteiger partial charge in [0, 0.05) is 24.9 Å². The minimum Gasteiger partial charge on any atom is -0.462 e. The molecule has 1 aromatic rings. The first kappa shape index (κ1) is 13.9. The number of halogens is 1. The van der Waals surface area contributed by atoms with E-state index in [1.807, 2.05) is 0 Å². The maximum atomic E-state index is 11.6. The predicted octanol–water partition coefficient (Wildman–Crippen LogP) is 1.66. The minimum atomic E-state index is -0.257. The summed E-state index contributed by atoms with van der Waals surface area (Å²) in [5.74, 6) is 0.201. The third-order valence-corrected chi connectivity index (χ3v) is 2.77. The van der Waals surface area contributed by atoms with Crippen LogP contribution in [0.2, 0.25) is 0 Å². The number of hydrogen-bond acceptors (Lipinski definition) is 4. The van der Waals surface area contributed by atoms with Gasteiger partial charge < -0.3 is 10.1 Å². The highest BCUT2D eigenvalue weighted by Crippen LogP contribution is 2.11. The number of aromatic nitrogens is 1. The molecule has 4 nitrogen and oxygen atoms in total. The topological polar surface area (TPSA) is 51.2 Å². The highest BCUT2D eigenvalue weighted by molar-refractivity contribution is 5.89. The fourth-order valence-electron chi connectivity index (χ4n) is 1.83. The van der Waals surface area contributed by atoms with Gasteiger partial charge in [-0.1, -0.05) is 0 Å². The van der Waals surface area contributed by atoms with Gasteiger partial charge in [0.25, 0.3) is 0 Å². The largest absolute Gasteiger partial charge is 0.462 e. The molecule has 0 radical (unpaired) electrons. The van der Waals surface area contributed by atoms with Crippen LogP contribution in [0.15, 0.2) is 24.5 Å². The molecular weight excluding hydrogens is 240 g/mol. The minimum absolute atomic E-state index is 0. The third kappa shape index (κ3) is 4.32. The van der Waals surface area contributed by atoms with E-state index < -0.39 is 0 Å². The Morgan fingerprint density at radius 1 is 1.47 bits per heavy atom. The number of nitrogens with one attached hydrogen (secondary N) is 1. The molecule has 1 saturated heterocycles. The predicted molar refractivity (Wildman–Crippen MR) is 67.4 cm³/mol. The first-order valence-corrected chi connectivity index (χ1v) is 5.64. The zero-order chi connectivity index (χ0) is 11.2. The first-order chi connectivity index (χ1) is 7.86. The molecule has 94 valence electrons. The fraction of sp³-hybridized carbons (Fsp3) is 0.500. The maximum Gasteiger partial charge on any atom is 0.338 e.